The maximum Gasteiger partial charge on any atom is -0.0108 e. The van der Waals surface area contributed by atoms with Gasteiger partial charge in [0.25, 0.3) is 0 Å². The Morgan fingerprint density at radius 2 is 2.36 bits per heavy atom. The van der Waals surface area contributed by atoms with E-state index in [1.807, 2.05) is 0 Å². The molecule has 0 aromatic rings. The van der Waals surface area contributed by atoms with Crippen LogP contribution in [-0.2, 0) is 0 Å². The first kappa shape index (κ1) is 8.58. The molecule has 0 saturated carbocycles. The molecule has 1 unspecified atom stereocenters. The third-order valence-electron chi connectivity index (χ3n) is 2.07. The van der Waals surface area contributed by atoms with Crippen molar-refractivity contribution in [2.24, 2.45) is 5.41 Å². The maximum absolute atomic E-state index is 4.09. The van der Waals surface area contributed by atoms with Gasteiger partial charge in [-0.2, -0.15) is 0 Å². The lowest BCUT2D eigenvalue weighted by Crippen LogP contribution is -2.09. The lowest BCUT2D eigenvalue weighted by atomic mass is 9.83. The average molecular weight is 149 g/mol. The molecule has 0 N–H and O–H groups in total. The molecule has 0 saturated heterocycles. The minimum Gasteiger partial charge on any atom is -0.0805 e. The molecule has 11 heavy (non-hydrogen) atoms. The van der Waals surface area contributed by atoms with Crippen LogP contribution >= 0.6 is 0 Å². The van der Waals surface area contributed by atoms with Crippen molar-refractivity contribution in [3.8, 4) is 0 Å². The van der Waals surface area contributed by atoms with E-state index >= 15 is 0 Å². The first-order chi connectivity index (χ1) is 5.14. The molecule has 0 aliphatic heterocycles. The second kappa shape index (κ2) is 3.25. The molecule has 0 bridgehead atoms. The second-order valence-corrected chi connectivity index (χ2v) is 3.72. The predicted octanol–water partition coefficient (Wildman–Crippen LogP) is 3.51. The minimum absolute atomic E-state index is 0.150. The summed E-state index contributed by atoms with van der Waals surface area (Å²) < 4.78 is 0. The van der Waals surface area contributed by atoms with Crippen LogP contribution in [0.15, 0.2) is 23.8 Å². The van der Waals surface area contributed by atoms with Crippen molar-refractivity contribution in [3.63, 3.8) is 0 Å². The van der Waals surface area contributed by atoms with E-state index < -0.39 is 0 Å². The zero-order chi connectivity index (χ0) is 8.32. The second-order valence-electron chi connectivity index (χ2n) is 3.72. The van der Waals surface area contributed by atoms with Gasteiger partial charge in [-0.25, -0.2) is 0 Å². The van der Waals surface area contributed by atoms with E-state index in [-0.39, 0.29) is 5.41 Å². The summed E-state index contributed by atoms with van der Waals surface area (Å²) in [5.74, 6) is 0. The summed E-state index contributed by atoms with van der Waals surface area (Å²) in [6, 6.07) is 0. The van der Waals surface area contributed by atoms with E-state index in [1.165, 1.54) is 18.4 Å². The van der Waals surface area contributed by atoms with E-state index in [0.717, 1.165) is 6.42 Å². The molecule has 0 heteroatoms. The summed E-state index contributed by atoms with van der Waals surface area (Å²) in [7, 11) is 0. The Kier molecular flexibility index (Phi) is 2.53. The Balaban J connectivity index is 2.53. The van der Waals surface area contributed by atoms with Crippen molar-refractivity contribution < 1.29 is 0 Å². The molecule has 0 amide bonds. The topological polar surface area (TPSA) is 0 Å². The molecule has 0 aromatic carbocycles. The minimum atomic E-state index is 0.150. The van der Waals surface area contributed by atoms with E-state index in [0.29, 0.717) is 0 Å². The highest BCUT2D eigenvalue weighted by atomic mass is 14.2. The van der Waals surface area contributed by atoms with Crippen molar-refractivity contribution in [1.82, 2.24) is 0 Å². The molecule has 1 rings (SSSR count). The van der Waals surface area contributed by atoms with Crippen LogP contribution in [0.4, 0.5) is 0 Å². The van der Waals surface area contributed by atoms with Crippen LogP contribution in [0.5, 0.6) is 0 Å². The van der Waals surface area contributed by atoms with Crippen molar-refractivity contribution in [2.75, 3.05) is 0 Å². The first-order valence-corrected chi connectivity index (χ1v) is 4.38. The summed E-state index contributed by atoms with van der Waals surface area (Å²) in [6.45, 7) is 8.48. The highest BCUT2D eigenvalue weighted by Gasteiger charge is 2.15. The first-order valence-electron chi connectivity index (χ1n) is 4.38. The number of allylic oxidation sites excluding steroid dienone is 4. The Labute approximate surface area is 70.0 Å². The van der Waals surface area contributed by atoms with Crippen LogP contribution in [0.25, 0.3) is 0 Å². The van der Waals surface area contributed by atoms with E-state index in [1.54, 1.807) is 0 Å². The zero-order valence-corrected chi connectivity index (χ0v) is 7.56. The predicted molar refractivity (Wildman–Crippen MR) is 50.2 cm³/mol. The molecule has 0 aromatic heterocycles. The normalized spacial score (nSPS) is 21.5. The van der Waals surface area contributed by atoms with E-state index in [9.17, 15) is 0 Å². The van der Waals surface area contributed by atoms with Crippen LogP contribution in [-0.4, -0.2) is 0 Å². The lowest BCUT2D eigenvalue weighted by molar-refractivity contribution is 0.546. The summed E-state index contributed by atoms with van der Waals surface area (Å²) in [6.07, 6.45) is 10.3. The summed E-state index contributed by atoms with van der Waals surface area (Å²) in [5, 5.41) is 0. The molecular formula is C11H17. The van der Waals surface area contributed by atoms with Crippen molar-refractivity contribution in [1.29, 1.82) is 0 Å². The van der Waals surface area contributed by atoms with Gasteiger partial charge in [-0.3, -0.25) is 0 Å². The van der Waals surface area contributed by atoms with Gasteiger partial charge in [-0.05, 0) is 25.2 Å². The summed E-state index contributed by atoms with van der Waals surface area (Å²) in [4.78, 5) is 0. The fourth-order valence-corrected chi connectivity index (χ4v) is 1.28. The van der Waals surface area contributed by atoms with Crippen LogP contribution in [0.3, 0.4) is 0 Å². The van der Waals surface area contributed by atoms with Gasteiger partial charge in [0.2, 0.25) is 0 Å². The van der Waals surface area contributed by atoms with Crippen molar-refractivity contribution >= 4 is 0 Å². The molecule has 0 fully saturated rings. The molecule has 1 atom stereocenters. The fourth-order valence-electron chi connectivity index (χ4n) is 1.28. The van der Waals surface area contributed by atoms with Gasteiger partial charge in [0.1, 0.15) is 0 Å². The van der Waals surface area contributed by atoms with Gasteiger partial charge in [-0.15, -0.1) is 0 Å². The lowest BCUT2D eigenvalue weighted by Gasteiger charge is -2.22. The Hall–Kier alpha value is -0.520. The van der Waals surface area contributed by atoms with Gasteiger partial charge in [0.05, 0.1) is 0 Å². The van der Waals surface area contributed by atoms with Gasteiger partial charge in [0, 0.05) is 0 Å². The largest absolute Gasteiger partial charge is 0.0805 e. The van der Waals surface area contributed by atoms with Crippen LogP contribution in [0.1, 0.15) is 33.1 Å². The third kappa shape index (κ3) is 2.53. The maximum atomic E-state index is 4.09. The molecule has 0 nitrogen and oxygen atoms in total. The van der Waals surface area contributed by atoms with Crippen LogP contribution in [0, 0.1) is 12.3 Å². The molecule has 1 radical (unpaired) electrons. The monoisotopic (exact) mass is 149 g/mol. The Morgan fingerprint density at radius 3 is 2.82 bits per heavy atom. The Morgan fingerprint density at radius 1 is 1.64 bits per heavy atom. The van der Waals surface area contributed by atoms with Gasteiger partial charge < -0.3 is 0 Å². The molecule has 61 valence electrons. The van der Waals surface area contributed by atoms with Gasteiger partial charge in [0.15, 0.2) is 0 Å². The number of rotatable bonds is 2. The third-order valence-corrected chi connectivity index (χ3v) is 2.07. The summed E-state index contributed by atoms with van der Waals surface area (Å²) >= 11 is 0. The zero-order valence-electron chi connectivity index (χ0n) is 7.56. The van der Waals surface area contributed by atoms with Crippen LogP contribution in [0.2, 0.25) is 0 Å². The smallest absolute Gasteiger partial charge is 0.0108 e. The molecule has 1 aliphatic carbocycles. The quantitative estimate of drug-likeness (QED) is 0.563. The number of hydrogen-bond acceptors (Lipinski definition) is 0. The molecule has 1 aliphatic rings. The number of hydrogen-bond donors (Lipinski definition) is 0. The van der Waals surface area contributed by atoms with Crippen molar-refractivity contribution in [2.45, 2.75) is 33.1 Å². The standard InChI is InChI=1S/C11H17/c1-4-5-10-6-8-11(2,3)9-7-10/h6-8H,2,4-5,9H2,1,3H3. The van der Waals surface area contributed by atoms with Crippen molar-refractivity contribution in [3.05, 3.63) is 30.7 Å². The average Bonchev–Trinajstić information content (AvgIpc) is 1.94. The van der Waals surface area contributed by atoms with Gasteiger partial charge >= 0.3 is 0 Å². The molecule has 0 heterocycles. The Bertz CT molecular complexity index is 182. The SMILES string of the molecule is [CH2]C1(C)C=CC(CCC)=CC1. The van der Waals surface area contributed by atoms with E-state index in [2.05, 4.69) is 39.0 Å². The van der Waals surface area contributed by atoms with Gasteiger partial charge in [-0.1, -0.05) is 44.1 Å². The molecular weight excluding hydrogens is 132 g/mol. The highest BCUT2D eigenvalue weighted by molar-refractivity contribution is 5.26. The fraction of sp³-hybridized carbons (Fsp3) is 0.545. The highest BCUT2D eigenvalue weighted by Crippen LogP contribution is 2.28. The summed E-state index contributed by atoms with van der Waals surface area (Å²) in [5.41, 5.74) is 1.63. The molecule has 0 spiro atoms. The van der Waals surface area contributed by atoms with E-state index in [4.69, 9.17) is 0 Å². The van der Waals surface area contributed by atoms with Crippen LogP contribution < -0.4 is 0 Å².